The van der Waals surface area contributed by atoms with Gasteiger partial charge in [0, 0.05) is 36.0 Å². The molecule has 23 heavy (non-hydrogen) atoms. The summed E-state index contributed by atoms with van der Waals surface area (Å²) in [6.45, 7) is 4.43. The summed E-state index contributed by atoms with van der Waals surface area (Å²) in [6, 6.07) is 10.4. The number of carbonyl (C=O) groups excluding carboxylic acids is 1. The SMILES string of the molecule is CCn1cc(NC(=O)c2ccc3nccc(C)c3c2)ccc1=O. The maximum absolute atomic E-state index is 12.4. The third-order valence-electron chi connectivity index (χ3n) is 3.80. The van der Waals surface area contributed by atoms with Gasteiger partial charge in [-0.25, -0.2) is 0 Å². The summed E-state index contributed by atoms with van der Waals surface area (Å²) in [4.78, 5) is 28.3. The van der Waals surface area contributed by atoms with Crippen LogP contribution in [-0.4, -0.2) is 15.5 Å². The van der Waals surface area contributed by atoms with E-state index >= 15 is 0 Å². The maximum atomic E-state index is 12.4. The molecule has 0 bridgehead atoms. The van der Waals surface area contributed by atoms with Gasteiger partial charge in [-0.15, -0.1) is 0 Å². The van der Waals surface area contributed by atoms with E-state index in [0.717, 1.165) is 16.5 Å². The lowest BCUT2D eigenvalue weighted by atomic mass is 10.1. The van der Waals surface area contributed by atoms with Gasteiger partial charge < -0.3 is 9.88 Å². The van der Waals surface area contributed by atoms with E-state index in [2.05, 4.69) is 10.3 Å². The van der Waals surface area contributed by atoms with Crippen molar-refractivity contribution < 1.29 is 4.79 Å². The first-order valence-corrected chi connectivity index (χ1v) is 7.45. The fourth-order valence-corrected chi connectivity index (χ4v) is 2.48. The first-order chi connectivity index (χ1) is 11.1. The number of amides is 1. The van der Waals surface area contributed by atoms with Crippen LogP contribution >= 0.6 is 0 Å². The molecule has 2 aromatic heterocycles. The van der Waals surface area contributed by atoms with Crippen LogP contribution in [0.3, 0.4) is 0 Å². The Morgan fingerprint density at radius 2 is 2.04 bits per heavy atom. The van der Waals surface area contributed by atoms with Gasteiger partial charge in [-0.05, 0) is 49.7 Å². The monoisotopic (exact) mass is 307 g/mol. The fraction of sp³-hybridized carbons (Fsp3) is 0.167. The number of anilines is 1. The number of pyridine rings is 2. The highest BCUT2D eigenvalue weighted by Gasteiger charge is 2.09. The molecule has 0 spiro atoms. The minimum Gasteiger partial charge on any atom is -0.321 e. The van der Waals surface area contributed by atoms with E-state index in [0.29, 0.717) is 17.8 Å². The number of benzene rings is 1. The molecule has 1 N–H and O–H groups in total. The van der Waals surface area contributed by atoms with Crippen molar-refractivity contribution in [2.75, 3.05) is 5.32 Å². The predicted octanol–water partition coefficient (Wildman–Crippen LogP) is 2.98. The Morgan fingerprint density at radius 3 is 2.83 bits per heavy atom. The summed E-state index contributed by atoms with van der Waals surface area (Å²) in [6.07, 6.45) is 3.40. The Labute approximate surface area is 133 Å². The predicted molar refractivity (Wildman–Crippen MR) is 90.8 cm³/mol. The van der Waals surface area contributed by atoms with Crippen molar-refractivity contribution in [3.05, 3.63) is 70.3 Å². The molecule has 0 aliphatic rings. The van der Waals surface area contributed by atoms with Crippen LogP contribution in [-0.2, 0) is 6.54 Å². The van der Waals surface area contributed by atoms with Crippen molar-refractivity contribution in [1.82, 2.24) is 9.55 Å². The molecule has 0 fully saturated rings. The molecule has 0 aliphatic heterocycles. The first-order valence-electron chi connectivity index (χ1n) is 7.45. The standard InChI is InChI=1S/C18H17N3O2/c1-3-21-11-14(5-7-17(21)22)20-18(23)13-4-6-16-15(10-13)12(2)8-9-19-16/h4-11H,3H2,1-2H3,(H,20,23). The Bertz CT molecular complexity index is 944. The average Bonchev–Trinajstić information content (AvgIpc) is 2.56. The molecule has 0 aliphatic carbocycles. The van der Waals surface area contributed by atoms with E-state index < -0.39 is 0 Å². The van der Waals surface area contributed by atoms with Crippen molar-refractivity contribution in [3.63, 3.8) is 0 Å². The van der Waals surface area contributed by atoms with Crippen LogP contribution in [0.25, 0.3) is 10.9 Å². The summed E-state index contributed by atoms with van der Waals surface area (Å²) in [5, 5.41) is 3.78. The number of aromatic nitrogens is 2. The molecule has 0 saturated heterocycles. The number of nitrogens with one attached hydrogen (secondary N) is 1. The molecule has 0 radical (unpaired) electrons. The third kappa shape index (κ3) is 2.99. The van der Waals surface area contributed by atoms with E-state index in [1.165, 1.54) is 6.07 Å². The zero-order valence-electron chi connectivity index (χ0n) is 13.0. The molecule has 0 unspecified atom stereocenters. The molecule has 3 aromatic rings. The van der Waals surface area contributed by atoms with E-state index in [1.807, 2.05) is 32.0 Å². The molecule has 3 rings (SSSR count). The second kappa shape index (κ2) is 6.04. The van der Waals surface area contributed by atoms with Gasteiger partial charge in [0.2, 0.25) is 0 Å². The number of aryl methyl sites for hydroxylation is 2. The summed E-state index contributed by atoms with van der Waals surface area (Å²) in [5.74, 6) is -0.212. The van der Waals surface area contributed by atoms with Gasteiger partial charge in [-0.1, -0.05) is 0 Å². The van der Waals surface area contributed by atoms with Crippen LogP contribution in [0.4, 0.5) is 5.69 Å². The highest BCUT2D eigenvalue weighted by Crippen LogP contribution is 2.18. The van der Waals surface area contributed by atoms with Crippen molar-refractivity contribution in [2.24, 2.45) is 0 Å². The number of nitrogens with zero attached hydrogens (tertiary/aromatic N) is 2. The molecule has 1 amide bonds. The van der Waals surface area contributed by atoms with E-state index in [4.69, 9.17) is 0 Å². The molecule has 5 heteroatoms. The summed E-state index contributed by atoms with van der Waals surface area (Å²) < 4.78 is 1.55. The minimum absolute atomic E-state index is 0.0853. The molecule has 0 atom stereocenters. The maximum Gasteiger partial charge on any atom is 0.255 e. The Kier molecular flexibility index (Phi) is 3.93. The molecule has 0 saturated carbocycles. The van der Waals surface area contributed by atoms with Crippen molar-refractivity contribution in [3.8, 4) is 0 Å². The summed E-state index contributed by atoms with van der Waals surface area (Å²) >= 11 is 0. The zero-order chi connectivity index (χ0) is 16.4. The minimum atomic E-state index is -0.212. The van der Waals surface area contributed by atoms with Gasteiger partial charge in [0.05, 0.1) is 11.2 Å². The van der Waals surface area contributed by atoms with Crippen LogP contribution < -0.4 is 10.9 Å². The lowest BCUT2D eigenvalue weighted by molar-refractivity contribution is 0.102. The smallest absolute Gasteiger partial charge is 0.255 e. The van der Waals surface area contributed by atoms with Gasteiger partial charge in [0.1, 0.15) is 0 Å². The van der Waals surface area contributed by atoms with Crippen LogP contribution in [0.15, 0.2) is 53.6 Å². The molecule has 1 aromatic carbocycles. The molecular formula is C18H17N3O2. The zero-order valence-corrected chi connectivity index (χ0v) is 13.0. The second-order valence-corrected chi connectivity index (χ2v) is 5.36. The van der Waals surface area contributed by atoms with Crippen LogP contribution in [0, 0.1) is 6.92 Å². The highest BCUT2D eigenvalue weighted by atomic mass is 16.1. The average molecular weight is 307 g/mol. The van der Waals surface area contributed by atoms with Crippen LogP contribution in [0.1, 0.15) is 22.8 Å². The summed E-state index contributed by atoms with van der Waals surface area (Å²) in [5.41, 5.74) is 3.01. The first kappa shape index (κ1) is 15.0. The highest BCUT2D eigenvalue weighted by molar-refractivity contribution is 6.06. The van der Waals surface area contributed by atoms with Gasteiger partial charge >= 0.3 is 0 Å². The van der Waals surface area contributed by atoms with E-state index in [-0.39, 0.29) is 11.5 Å². The second-order valence-electron chi connectivity index (χ2n) is 5.36. The number of rotatable bonds is 3. The van der Waals surface area contributed by atoms with Crippen molar-refractivity contribution in [2.45, 2.75) is 20.4 Å². The third-order valence-corrected chi connectivity index (χ3v) is 3.80. The summed E-state index contributed by atoms with van der Waals surface area (Å²) in [7, 11) is 0. The Morgan fingerprint density at radius 1 is 1.22 bits per heavy atom. The van der Waals surface area contributed by atoms with Gasteiger partial charge in [0.15, 0.2) is 0 Å². The van der Waals surface area contributed by atoms with Crippen LogP contribution in [0.5, 0.6) is 0 Å². The number of fused-ring (bicyclic) bond motifs is 1. The topological polar surface area (TPSA) is 64.0 Å². The lowest BCUT2D eigenvalue weighted by Gasteiger charge is -2.09. The Hall–Kier alpha value is -2.95. The number of hydrogen-bond acceptors (Lipinski definition) is 3. The van der Waals surface area contributed by atoms with Crippen molar-refractivity contribution >= 4 is 22.5 Å². The van der Waals surface area contributed by atoms with Gasteiger partial charge in [0.25, 0.3) is 11.5 Å². The molecule has 116 valence electrons. The number of hydrogen-bond donors (Lipinski definition) is 1. The van der Waals surface area contributed by atoms with E-state index in [9.17, 15) is 9.59 Å². The fourth-order valence-electron chi connectivity index (χ4n) is 2.48. The Balaban J connectivity index is 1.91. The van der Waals surface area contributed by atoms with Gasteiger partial charge in [-0.3, -0.25) is 14.6 Å². The lowest BCUT2D eigenvalue weighted by Crippen LogP contribution is -2.19. The quantitative estimate of drug-likeness (QED) is 0.809. The normalized spacial score (nSPS) is 10.7. The largest absolute Gasteiger partial charge is 0.321 e. The van der Waals surface area contributed by atoms with Gasteiger partial charge in [-0.2, -0.15) is 0 Å². The van der Waals surface area contributed by atoms with E-state index in [1.54, 1.807) is 29.1 Å². The molecule has 5 nitrogen and oxygen atoms in total. The van der Waals surface area contributed by atoms with Crippen LogP contribution in [0.2, 0.25) is 0 Å². The number of carbonyl (C=O) groups is 1. The molecular weight excluding hydrogens is 290 g/mol. The van der Waals surface area contributed by atoms with Crippen molar-refractivity contribution in [1.29, 1.82) is 0 Å². The molecule has 2 heterocycles.